The first-order valence-electron chi connectivity index (χ1n) is 8.57. The number of carboxylic acid groups (broad SMARTS) is 1. The molecule has 0 aromatic heterocycles. The van der Waals surface area contributed by atoms with Crippen LogP contribution in [0.4, 0.5) is 0 Å². The molecule has 1 fully saturated rings. The zero-order chi connectivity index (χ0) is 18.2. The monoisotopic (exact) mass is 351 g/mol. The van der Waals surface area contributed by atoms with Gasteiger partial charge in [0, 0.05) is 18.2 Å². The number of benzene rings is 1. The van der Waals surface area contributed by atoms with Crippen molar-refractivity contribution in [2.24, 2.45) is 0 Å². The third-order valence-corrected chi connectivity index (χ3v) is 4.01. The van der Waals surface area contributed by atoms with E-state index < -0.39 is 12.6 Å². The Labute approximate surface area is 147 Å². The van der Waals surface area contributed by atoms with Gasteiger partial charge in [0.25, 0.3) is 5.91 Å². The Bertz CT molecular complexity index is 603. The lowest BCUT2D eigenvalue weighted by Crippen LogP contribution is -2.41. The summed E-state index contributed by atoms with van der Waals surface area (Å²) in [4.78, 5) is 23.1. The Hall–Kier alpha value is -2.28. The van der Waals surface area contributed by atoms with Crippen molar-refractivity contribution in [1.29, 1.82) is 0 Å². The van der Waals surface area contributed by atoms with E-state index in [-0.39, 0.29) is 18.1 Å². The average molecular weight is 351 g/mol. The van der Waals surface area contributed by atoms with Gasteiger partial charge in [-0.05, 0) is 44.4 Å². The Morgan fingerprint density at radius 2 is 2.08 bits per heavy atom. The molecule has 0 aliphatic carbocycles. The Morgan fingerprint density at radius 3 is 2.76 bits per heavy atom. The SMILES string of the molecule is CCOc1cc(C(=O)NC2CCOC(CC)C2)ccc1OCC(=O)O. The standard InChI is InChI=1S/C18H25NO6/c1-3-14-10-13(7-8-24-14)19-18(22)12-5-6-15(25-11-17(20)21)16(9-12)23-4-2/h5-6,9,13-14H,3-4,7-8,10-11H2,1-2H3,(H,19,22)(H,20,21). The van der Waals surface area contributed by atoms with Crippen LogP contribution < -0.4 is 14.8 Å². The molecule has 138 valence electrons. The van der Waals surface area contributed by atoms with E-state index in [1.165, 1.54) is 0 Å². The predicted octanol–water partition coefficient (Wildman–Crippen LogP) is 2.24. The van der Waals surface area contributed by atoms with Gasteiger partial charge in [0.15, 0.2) is 18.1 Å². The minimum absolute atomic E-state index is 0.0877. The lowest BCUT2D eigenvalue weighted by atomic mass is 10.0. The van der Waals surface area contributed by atoms with Crippen LogP contribution in [0.3, 0.4) is 0 Å². The molecule has 25 heavy (non-hydrogen) atoms. The molecule has 1 aliphatic heterocycles. The van der Waals surface area contributed by atoms with Crippen LogP contribution in [-0.2, 0) is 9.53 Å². The number of rotatable bonds is 8. The number of hydrogen-bond acceptors (Lipinski definition) is 5. The van der Waals surface area contributed by atoms with Crippen molar-refractivity contribution in [3.05, 3.63) is 23.8 Å². The number of nitrogens with one attached hydrogen (secondary N) is 1. The second-order valence-electron chi connectivity index (χ2n) is 5.87. The summed E-state index contributed by atoms with van der Waals surface area (Å²) >= 11 is 0. The molecule has 0 saturated carbocycles. The third-order valence-electron chi connectivity index (χ3n) is 4.01. The van der Waals surface area contributed by atoms with E-state index in [0.717, 1.165) is 19.3 Å². The summed E-state index contributed by atoms with van der Waals surface area (Å²) in [5.41, 5.74) is 0.450. The van der Waals surface area contributed by atoms with Crippen molar-refractivity contribution < 1.29 is 28.9 Å². The van der Waals surface area contributed by atoms with E-state index in [1.807, 2.05) is 0 Å². The molecule has 7 heteroatoms. The summed E-state index contributed by atoms with van der Waals surface area (Å²) in [5.74, 6) is -0.602. The van der Waals surface area contributed by atoms with Crippen molar-refractivity contribution in [2.45, 2.75) is 45.3 Å². The molecule has 7 nitrogen and oxygen atoms in total. The predicted molar refractivity (Wildman–Crippen MR) is 91.3 cm³/mol. The van der Waals surface area contributed by atoms with Crippen LogP contribution in [0.5, 0.6) is 11.5 Å². The minimum Gasteiger partial charge on any atom is -0.490 e. The third kappa shape index (κ3) is 5.63. The number of aliphatic carboxylic acids is 1. The lowest BCUT2D eigenvalue weighted by molar-refractivity contribution is -0.139. The Kier molecular flexibility index (Phi) is 7.06. The molecule has 1 aromatic rings. The van der Waals surface area contributed by atoms with Crippen LogP contribution in [0.1, 0.15) is 43.5 Å². The molecule has 1 amide bonds. The van der Waals surface area contributed by atoms with Gasteiger partial charge in [-0.2, -0.15) is 0 Å². The van der Waals surface area contributed by atoms with E-state index in [2.05, 4.69) is 12.2 Å². The van der Waals surface area contributed by atoms with E-state index in [9.17, 15) is 9.59 Å². The van der Waals surface area contributed by atoms with Gasteiger partial charge in [0.2, 0.25) is 0 Å². The number of amides is 1. The zero-order valence-corrected chi connectivity index (χ0v) is 14.6. The van der Waals surface area contributed by atoms with Gasteiger partial charge in [0.1, 0.15) is 0 Å². The highest BCUT2D eigenvalue weighted by atomic mass is 16.5. The smallest absolute Gasteiger partial charge is 0.341 e. The first kappa shape index (κ1) is 19.1. The van der Waals surface area contributed by atoms with Gasteiger partial charge in [-0.25, -0.2) is 4.79 Å². The highest BCUT2D eigenvalue weighted by Crippen LogP contribution is 2.28. The van der Waals surface area contributed by atoms with Crippen molar-refractivity contribution in [2.75, 3.05) is 19.8 Å². The fraction of sp³-hybridized carbons (Fsp3) is 0.556. The Morgan fingerprint density at radius 1 is 1.28 bits per heavy atom. The molecular formula is C18H25NO6. The maximum Gasteiger partial charge on any atom is 0.341 e. The number of carbonyl (C=O) groups excluding carboxylic acids is 1. The van der Waals surface area contributed by atoms with Crippen LogP contribution in [0.25, 0.3) is 0 Å². The summed E-state index contributed by atoms with van der Waals surface area (Å²) in [5, 5.41) is 11.8. The second-order valence-corrected chi connectivity index (χ2v) is 5.87. The summed E-state index contributed by atoms with van der Waals surface area (Å²) in [7, 11) is 0. The number of carbonyl (C=O) groups is 2. The quantitative estimate of drug-likeness (QED) is 0.746. The highest BCUT2D eigenvalue weighted by Gasteiger charge is 2.23. The number of carboxylic acids is 1. The van der Waals surface area contributed by atoms with Gasteiger partial charge >= 0.3 is 5.97 Å². The largest absolute Gasteiger partial charge is 0.490 e. The van der Waals surface area contributed by atoms with Crippen molar-refractivity contribution in [3.63, 3.8) is 0 Å². The van der Waals surface area contributed by atoms with Gasteiger partial charge in [0.05, 0.1) is 12.7 Å². The van der Waals surface area contributed by atoms with Crippen molar-refractivity contribution in [1.82, 2.24) is 5.32 Å². The normalized spacial score (nSPS) is 19.9. The van der Waals surface area contributed by atoms with Crippen LogP contribution >= 0.6 is 0 Å². The Balaban J connectivity index is 2.05. The minimum atomic E-state index is -1.07. The van der Waals surface area contributed by atoms with Crippen molar-refractivity contribution in [3.8, 4) is 11.5 Å². The molecule has 2 atom stereocenters. The molecular weight excluding hydrogens is 326 g/mol. The molecule has 2 N–H and O–H groups in total. The van der Waals surface area contributed by atoms with Crippen LogP contribution in [0.15, 0.2) is 18.2 Å². The molecule has 0 spiro atoms. The van der Waals surface area contributed by atoms with Gasteiger partial charge in [-0.1, -0.05) is 6.92 Å². The van der Waals surface area contributed by atoms with Crippen LogP contribution in [0, 0.1) is 0 Å². The maximum atomic E-state index is 12.5. The summed E-state index contributed by atoms with van der Waals surface area (Å²) in [6, 6.07) is 4.82. The molecule has 1 heterocycles. The topological polar surface area (TPSA) is 94.1 Å². The lowest BCUT2D eigenvalue weighted by Gasteiger charge is -2.29. The fourth-order valence-corrected chi connectivity index (χ4v) is 2.74. The van der Waals surface area contributed by atoms with Gasteiger partial charge in [-0.3, -0.25) is 4.79 Å². The van der Waals surface area contributed by atoms with Gasteiger partial charge < -0.3 is 24.6 Å². The molecule has 0 radical (unpaired) electrons. The second kappa shape index (κ2) is 9.27. The van der Waals surface area contributed by atoms with Crippen LogP contribution in [-0.4, -0.2) is 48.9 Å². The summed E-state index contributed by atoms with van der Waals surface area (Å²) < 4.78 is 16.3. The zero-order valence-electron chi connectivity index (χ0n) is 14.6. The number of ether oxygens (including phenoxy) is 3. The number of hydrogen-bond donors (Lipinski definition) is 2. The maximum absolute atomic E-state index is 12.5. The fourth-order valence-electron chi connectivity index (χ4n) is 2.74. The molecule has 0 bridgehead atoms. The molecule has 2 rings (SSSR count). The first-order valence-corrected chi connectivity index (χ1v) is 8.57. The summed E-state index contributed by atoms with van der Waals surface area (Å²) in [6.45, 7) is 4.44. The molecule has 1 saturated heterocycles. The van der Waals surface area contributed by atoms with E-state index >= 15 is 0 Å². The van der Waals surface area contributed by atoms with E-state index in [0.29, 0.717) is 30.3 Å². The van der Waals surface area contributed by atoms with E-state index in [4.69, 9.17) is 19.3 Å². The summed E-state index contributed by atoms with van der Waals surface area (Å²) in [6.07, 6.45) is 2.71. The van der Waals surface area contributed by atoms with Gasteiger partial charge in [-0.15, -0.1) is 0 Å². The molecule has 1 aliphatic rings. The molecule has 1 aromatic carbocycles. The van der Waals surface area contributed by atoms with E-state index in [1.54, 1.807) is 25.1 Å². The molecule has 2 unspecified atom stereocenters. The highest BCUT2D eigenvalue weighted by molar-refractivity contribution is 5.95. The van der Waals surface area contributed by atoms with Crippen molar-refractivity contribution >= 4 is 11.9 Å². The first-order chi connectivity index (χ1) is 12.0. The van der Waals surface area contributed by atoms with Crippen LogP contribution in [0.2, 0.25) is 0 Å². The average Bonchev–Trinajstić information content (AvgIpc) is 2.60.